The van der Waals surface area contributed by atoms with Crippen LogP contribution in [-0.2, 0) is 0 Å². The van der Waals surface area contributed by atoms with Gasteiger partial charge >= 0.3 is 0 Å². The number of carbonyl (C=O) groups is 1. The van der Waals surface area contributed by atoms with Gasteiger partial charge in [-0.25, -0.2) is 9.50 Å². The first-order chi connectivity index (χ1) is 13.0. The van der Waals surface area contributed by atoms with Crippen LogP contribution in [-0.4, -0.2) is 35.3 Å². The number of nitrogen functional groups attached to an aromatic ring is 1. The van der Waals surface area contributed by atoms with Gasteiger partial charge in [0.25, 0.3) is 5.91 Å². The molecule has 1 amide bonds. The van der Waals surface area contributed by atoms with Crippen molar-refractivity contribution in [3.63, 3.8) is 0 Å². The lowest BCUT2D eigenvalue weighted by Crippen LogP contribution is -2.14. The molecular formula is C18H16N8O. The van der Waals surface area contributed by atoms with E-state index in [2.05, 4.69) is 20.3 Å². The number of nitrogens with two attached hydrogens (primary N) is 2. The Morgan fingerprint density at radius 3 is 2.81 bits per heavy atom. The minimum atomic E-state index is -0.587. The third-order valence-electron chi connectivity index (χ3n) is 4.96. The van der Waals surface area contributed by atoms with Crippen LogP contribution in [0.3, 0.4) is 0 Å². The molecule has 5 N–H and O–H groups in total. The number of nitrogens with one attached hydrogen (secondary N) is 1. The van der Waals surface area contributed by atoms with Gasteiger partial charge in [0.2, 0.25) is 0 Å². The number of rotatable bonds is 2. The van der Waals surface area contributed by atoms with Crippen molar-refractivity contribution in [1.82, 2.24) is 29.4 Å². The van der Waals surface area contributed by atoms with Crippen LogP contribution in [0.2, 0.25) is 0 Å². The summed E-state index contributed by atoms with van der Waals surface area (Å²) < 4.78 is 3.54. The van der Waals surface area contributed by atoms with Gasteiger partial charge in [-0.2, -0.15) is 10.2 Å². The summed E-state index contributed by atoms with van der Waals surface area (Å²) in [7, 11) is 0. The summed E-state index contributed by atoms with van der Waals surface area (Å²) in [4.78, 5) is 16.6. The number of benzene rings is 1. The van der Waals surface area contributed by atoms with Crippen molar-refractivity contribution in [3.8, 4) is 5.69 Å². The number of anilines is 1. The van der Waals surface area contributed by atoms with Crippen LogP contribution >= 0.6 is 0 Å². The van der Waals surface area contributed by atoms with E-state index in [4.69, 9.17) is 11.5 Å². The predicted octanol–water partition coefficient (Wildman–Crippen LogP) is 1.85. The summed E-state index contributed by atoms with van der Waals surface area (Å²) in [5.74, 6) is -0.318. The highest BCUT2D eigenvalue weighted by molar-refractivity contribution is 6.15. The van der Waals surface area contributed by atoms with Gasteiger partial charge in [-0.1, -0.05) is 6.07 Å². The highest BCUT2D eigenvalue weighted by atomic mass is 16.1. The van der Waals surface area contributed by atoms with Crippen molar-refractivity contribution in [3.05, 3.63) is 47.5 Å². The smallest absolute Gasteiger partial charge is 0.253 e. The van der Waals surface area contributed by atoms with Crippen LogP contribution in [0.15, 0.2) is 30.7 Å². The summed E-state index contributed by atoms with van der Waals surface area (Å²) in [6.45, 7) is 3.87. The average Bonchev–Trinajstić information content (AvgIpc) is 3.32. The van der Waals surface area contributed by atoms with E-state index in [1.807, 2.05) is 36.6 Å². The number of aromatic amines is 1. The van der Waals surface area contributed by atoms with Crippen LogP contribution < -0.4 is 11.5 Å². The number of aromatic nitrogens is 6. The van der Waals surface area contributed by atoms with E-state index in [9.17, 15) is 4.79 Å². The summed E-state index contributed by atoms with van der Waals surface area (Å²) in [5.41, 5.74) is 17.2. The number of pyridine rings is 1. The highest BCUT2D eigenvalue weighted by Gasteiger charge is 2.25. The van der Waals surface area contributed by atoms with Crippen molar-refractivity contribution >= 4 is 39.2 Å². The van der Waals surface area contributed by atoms with Gasteiger partial charge in [0.1, 0.15) is 17.7 Å². The molecule has 27 heavy (non-hydrogen) atoms. The van der Waals surface area contributed by atoms with E-state index >= 15 is 0 Å². The van der Waals surface area contributed by atoms with E-state index in [0.717, 1.165) is 27.8 Å². The Balaban J connectivity index is 2.09. The standard InChI is InChI=1S/C18H16N8O/c1-8-3-4-12-11(6-22-24-12)14(8)25-15-10(13(16(25)19)17(20)27)5-9(2)26-18(15)21-7-23-26/h3-7H,19H2,1-2H3,(H2,20,27)(H,22,24). The Hall–Kier alpha value is -3.88. The van der Waals surface area contributed by atoms with Gasteiger partial charge in [-0.05, 0) is 31.5 Å². The Labute approximate surface area is 152 Å². The molecule has 5 aromatic rings. The summed E-state index contributed by atoms with van der Waals surface area (Å²) in [6.07, 6.45) is 3.21. The first-order valence-electron chi connectivity index (χ1n) is 8.35. The minimum absolute atomic E-state index is 0.268. The molecular weight excluding hydrogens is 344 g/mol. The van der Waals surface area contributed by atoms with E-state index in [1.54, 1.807) is 10.7 Å². The molecule has 0 aliphatic heterocycles. The maximum absolute atomic E-state index is 12.2. The average molecular weight is 360 g/mol. The Bertz CT molecular complexity index is 1390. The Kier molecular flexibility index (Phi) is 2.89. The van der Waals surface area contributed by atoms with E-state index in [1.165, 1.54) is 6.33 Å². The van der Waals surface area contributed by atoms with Crippen LogP contribution in [0.5, 0.6) is 0 Å². The maximum Gasteiger partial charge on any atom is 0.253 e. The molecule has 0 bridgehead atoms. The van der Waals surface area contributed by atoms with Gasteiger partial charge in [-0.15, -0.1) is 0 Å². The molecule has 1 aromatic carbocycles. The molecule has 0 saturated heterocycles. The molecule has 4 heterocycles. The normalized spacial score (nSPS) is 11.8. The fourth-order valence-corrected chi connectivity index (χ4v) is 3.80. The van der Waals surface area contributed by atoms with E-state index < -0.39 is 5.91 Å². The molecule has 0 saturated carbocycles. The van der Waals surface area contributed by atoms with Crippen molar-refractivity contribution in [2.75, 3.05) is 5.73 Å². The summed E-state index contributed by atoms with van der Waals surface area (Å²) in [5, 5.41) is 12.9. The van der Waals surface area contributed by atoms with Gasteiger partial charge in [0.05, 0.1) is 23.0 Å². The second-order valence-corrected chi connectivity index (χ2v) is 6.57. The fraction of sp³-hybridized carbons (Fsp3) is 0.111. The van der Waals surface area contributed by atoms with Gasteiger partial charge in [0, 0.05) is 16.5 Å². The Morgan fingerprint density at radius 1 is 1.22 bits per heavy atom. The van der Waals surface area contributed by atoms with Crippen LogP contribution in [0.1, 0.15) is 21.6 Å². The van der Waals surface area contributed by atoms with Crippen molar-refractivity contribution < 1.29 is 4.79 Å². The van der Waals surface area contributed by atoms with Crippen molar-refractivity contribution in [1.29, 1.82) is 0 Å². The fourth-order valence-electron chi connectivity index (χ4n) is 3.80. The third-order valence-corrected chi connectivity index (χ3v) is 4.96. The Morgan fingerprint density at radius 2 is 2.04 bits per heavy atom. The van der Waals surface area contributed by atoms with Crippen molar-refractivity contribution in [2.45, 2.75) is 13.8 Å². The molecule has 134 valence electrons. The zero-order chi connectivity index (χ0) is 18.9. The first-order valence-corrected chi connectivity index (χ1v) is 8.35. The lowest BCUT2D eigenvalue weighted by atomic mass is 10.1. The maximum atomic E-state index is 12.2. The molecule has 0 aliphatic carbocycles. The quantitative estimate of drug-likeness (QED) is 0.442. The topological polar surface area (TPSA) is 133 Å². The molecule has 0 atom stereocenters. The zero-order valence-corrected chi connectivity index (χ0v) is 14.7. The molecule has 0 aliphatic rings. The molecule has 9 heteroatoms. The predicted molar refractivity (Wildman–Crippen MR) is 102 cm³/mol. The number of carbonyl (C=O) groups excluding carboxylic acids is 1. The molecule has 4 aromatic heterocycles. The lowest BCUT2D eigenvalue weighted by Gasteiger charge is -2.13. The monoisotopic (exact) mass is 360 g/mol. The molecule has 0 unspecified atom stereocenters. The van der Waals surface area contributed by atoms with Gasteiger partial charge in [0.15, 0.2) is 5.65 Å². The summed E-state index contributed by atoms with van der Waals surface area (Å²) in [6, 6.07) is 5.78. The summed E-state index contributed by atoms with van der Waals surface area (Å²) >= 11 is 0. The number of aryl methyl sites for hydroxylation is 2. The third kappa shape index (κ3) is 1.87. The number of hydrogen-bond donors (Lipinski definition) is 3. The SMILES string of the molecule is Cc1ccc2[nH]ncc2c1-n1c(N)c(C(N)=O)c2cc(C)n3ncnc3c21. The minimum Gasteiger partial charge on any atom is -0.384 e. The van der Waals surface area contributed by atoms with E-state index in [0.29, 0.717) is 16.6 Å². The highest BCUT2D eigenvalue weighted by Crippen LogP contribution is 2.37. The number of fused-ring (bicyclic) bond motifs is 4. The first kappa shape index (κ1) is 15.4. The second-order valence-electron chi connectivity index (χ2n) is 6.57. The number of primary amides is 1. The molecule has 0 radical (unpaired) electrons. The molecule has 0 spiro atoms. The number of H-pyrrole nitrogens is 1. The molecule has 5 rings (SSSR count). The lowest BCUT2D eigenvalue weighted by molar-refractivity contribution is 0.100. The number of nitrogens with zero attached hydrogens (tertiary/aromatic N) is 5. The van der Waals surface area contributed by atoms with Crippen LogP contribution in [0.25, 0.3) is 33.1 Å². The van der Waals surface area contributed by atoms with Crippen LogP contribution in [0, 0.1) is 13.8 Å². The largest absolute Gasteiger partial charge is 0.384 e. The van der Waals surface area contributed by atoms with Crippen molar-refractivity contribution in [2.24, 2.45) is 5.73 Å². The number of amides is 1. The molecule has 9 nitrogen and oxygen atoms in total. The van der Waals surface area contributed by atoms with Crippen LogP contribution in [0.4, 0.5) is 5.82 Å². The number of hydrogen-bond acceptors (Lipinski definition) is 5. The van der Waals surface area contributed by atoms with Gasteiger partial charge in [-0.3, -0.25) is 14.5 Å². The zero-order valence-electron chi connectivity index (χ0n) is 14.7. The van der Waals surface area contributed by atoms with E-state index in [-0.39, 0.29) is 11.4 Å². The van der Waals surface area contributed by atoms with Gasteiger partial charge < -0.3 is 11.5 Å². The second kappa shape index (κ2) is 5.07. The molecule has 0 fully saturated rings.